The van der Waals surface area contributed by atoms with Gasteiger partial charge in [-0.3, -0.25) is 4.90 Å². The number of unbranched alkanes of at least 4 members (excludes halogenated alkanes) is 1. The summed E-state index contributed by atoms with van der Waals surface area (Å²) in [6.45, 7) is 14.9. The first-order valence-corrected chi connectivity index (χ1v) is 7.37. The number of nitrogens with two attached hydrogens (primary N) is 1. The predicted octanol–water partition coefficient (Wildman–Crippen LogP) is 3.26. The topological polar surface area (TPSA) is 29.3 Å². The normalized spacial score (nSPS) is 32.3. The van der Waals surface area contributed by atoms with Gasteiger partial charge in [-0.1, -0.05) is 41.0 Å². The zero-order chi connectivity index (χ0) is 13.1. The molecule has 0 aromatic rings. The summed E-state index contributed by atoms with van der Waals surface area (Å²) in [6, 6.07) is 0. The van der Waals surface area contributed by atoms with E-state index in [1.807, 2.05) is 0 Å². The van der Waals surface area contributed by atoms with Crippen molar-refractivity contribution in [2.75, 3.05) is 19.6 Å². The van der Waals surface area contributed by atoms with Gasteiger partial charge >= 0.3 is 0 Å². The minimum absolute atomic E-state index is 0.257. The van der Waals surface area contributed by atoms with Crippen LogP contribution < -0.4 is 5.73 Å². The van der Waals surface area contributed by atoms with E-state index in [1.165, 1.54) is 32.2 Å². The molecule has 17 heavy (non-hydrogen) atoms. The molecule has 1 saturated carbocycles. The predicted molar refractivity (Wildman–Crippen MR) is 76.1 cm³/mol. The Morgan fingerprint density at radius 2 is 1.94 bits per heavy atom. The molecule has 2 unspecified atom stereocenters. The fourth-order valence-corrected chi connectivity index (χ4v) is 3.96. The summed E-state index contributed by atoms with van der Waals surface area (Å²) in [5.41, 5.74) is 6.90. The molecular weight excluding hydrogens is 208 g/mol. The van der Waals surface area contributed by atoms with Crippen molar-refractivity contribution in [2.45, 2.75) is 65.8 Å². The lowest BCUT2D eigenvalue weighted by Crippen LogP contribution is -2.56. The van der Waals surface area contributed by atoms with Crippen LogP contribution in [0, 0.1) is 11.3 Å². The highest BCUT2D eigenvalue weighted by molar-refractivity contribution is 5.05. The van der Waals surface area contributed by atoms with E-state index in [1.54, 1.807) is 0 Å². The Morgan fingerprint density at radius 3 is 2.29 bits per heavy atom. The van der Waals surface area contributed by atoms with Crippen LogP contribution in [-0.2, 0) is 0 Å². The van der Waals surface area contributed by atoms with Crippen LogP contribution in [0.1, 0.15) is 60.3 Å². The molecule has 0 spiro atoms. The average molecular weight is 240 g/mol. The average Bonchev–Trinajstić information content (AvgIpc) is 2.50. The Hall–Kier alpha value is -0.0800. The van der Waals surface area contributed by atoms with Crippen molar-refractivity contribution >= 4 is 0 Å². The molecule has 0 bridgehead atoms. The monoisotopic (exact) mass is 240 g/mol. The number of nitrogens with zero attached hydrogens (tertiary/aromatic N) is 1. The first kappa shape index (κ1) is 15.0. The summed E-state index contributed by atoms with van der Waals surface area (Å²) in [7, 11) is 0. The quantitative estimate of drug-likeness (QED) is 0.772. The van der Waals surface area contributed by atoms with Crippen molar-refractivity contribution in [1.29, 1.82) is 0 Å². The van der Waals surface area contributed by atoms with Crippen molar-refractivity contribution < 1.29 is 0 Å². The Kier molecular flexibility index (Phi) is 5.03. The molecule has 0 heterocycles. The van der Waals surface area contributed by atoms with Crippen molar-refractivity contribution in [3.63, 3.8) is 0 Å². The third-order valence-corrected chi connectivity index (χ3v) is 4.71. The van der Waals surface area contributed by atoms with E-state index in [9.17, 15) is 0 Å². The van der Waals surface area contributed by atoms with Gasteiger partial charge in [-0.15, -0.1) is 0 Å². The maximum absolute atomic E-state index is 6.19. The maximum Gasteiger partial charge on any atom is 0.0362 e. The molecule has 0 amide bonds. The van der Waals surface area contributed by atoms with Crippen molar-refractivity contribution in [2.24, 2.45) is 17.1 Å². The van der Waals surface area contributed by atoms with Gasteiger partial charge in [0, 0.05) is 12.1 Å². The number of hydrogen-bond donors (Lipinski definition) is 1. The van der Waals surface area contributed by atoms with E-state index in [4.69, 9.17) is 5.73 Å². The standard InChI is InChI=1S/C15H32N2/c1-6-8-9-17(7-2)15(12-16)11-14(4,5)10-13(15)3/h13H,6-12,16H2,1-5H3. The minimum Gasteiger partial charge on any atom is -0.329 e. The molecule has 0 aromatic heterocycles. The fraction of sp³-hybridized carbons (Fsp3) is 1.00. The Bertz CT molecular complexity index is 237. The number of likely N-dealkylation sites (N-methyl/N-ethyl adjacent to an activating group) is 1. The zero-order valence-electron chi connectivity index (χ0n) is 12.6. The third-order valence-electron chi connectivity index (χ3n) is 4.71. The Balaban J connectivity index is 2.86. The SMILES string of the molecule is CCCCN(CC)C1(CN)CC(C)(C)CC1C. The highest BCUT2D eigenvalue weighted by Crippen LogP contribution is 2.49. The van der Waals surface area contributed by atoms with E-state index < -0.39 is 0 Å². The van der Waals surface area contributed by atoms with Crippen LogP contribution in [0.4, 0.5) is 0 Å². The molecule has 0 saturated heterocycles. The molecule has 2 nitrogen and oxygen atoms in total. The van der Waals surface area contributed by atoms with Gasteiger partial charge in [0.05, 0.1) is 0 Å². The van der Waals surface area contributed by atoms with E-state index >= 15 is 0 Å². The smallest absolute Gasteiger partial charge is 0.0362 e. The second kappa shape index (κ2) is 5.71. The number of rotatable bonds is 6. The summed E-state index contributed by atoms with van der Waals surface area (Å²) >= 11 is 0. The first-order valence-electron chi connectivity index (χ1n) is 7.37. The van der Waals surface area contributed by atoms with Crippen LogP contribution in [0.25, 0.3) is 0 Å². The van der Waals surface area contributed by atoms with Crippen molar-refractivity contribution in [3.8, 4) is 0 Å². The molecule has 2 N–H and O–H groups in total. The molecule has 1 rings (SSSR count). The lowest BCUT2D eigenvalue weighted by Gasteiger charge is -2.44. The lowest BCUT2D eigenvalue weighted by atomic mass is 9.84. The van der Waals surface area contributed by atoms with Gasteiger partial charge < -0.3 is 5.73 Å². The molecule has 0 aliphatic heterocycles. The second-order valence-corrected chi connectivity index (χ2v) is 6.69. The molecule has 1 aliphatic carbocycles. The summed E-state index contributed by atoms with van der Waals surface area (Å²) in [5, 5.41) is 0. The van der Waals surface area contributed by atoms with Crippen LogP contribution in [-0.4, -0.2) is 30.1 Å². The third kappa shape index (κ3) is 3.03. The van der Waals surface area contributed by atoms with Crippen LogP contribution in [0.2, 0.25) is 0 Å². The second-order valence-electron chi connectivity index (χ2n) is 6.69. The lowest BCUT2D eigenvalue weighted by molar-refractivity contribution is 0.0625. The van der Waals surface area contributed by atoms with Crippen LogP contribution in [0.15, 0.2) is 0 Å². The molecule has 2 atom stereocenters. The van der Waals surface area contributed by atoms with Crippen molar-refractivity contribution in [1.82, 2.24) is 4.90 Å². The molecular formula is C15H32N2. The van der Waals surface area contributed by atoms with Gasteiger partial charge in [0.2, 0.25) is 0 Å². The first-order chi connectivity index (χ1) is 7.91. The molecule has 1 fully saturated rings. The van der Waals surface area contributed by atoms with Gasteiger partial charge in [0.15, 0.2) is 0 Å². The van der Waals surface area contributed by atoms with Gasteiger partial charge in [0.1, 0.15) is 0 Å². The largest absolute Gasteiger partial charge is 0.329 e. The van der Waals surface area contributed by atoms with Gasteiger partial charge in [-0.25, -0.2) is 0 Å². The highest BCUT2D eigenvalue weighted by Gasteiger charge is 2.50. The molecule has 1 aliphatic rings. The van der Waals surface area contributed by atoms with E-state index in [0.717, 1.165) is 19.0 Å². The summed E-state index contributed by atoms with van der Waals surface area (Å²) in [5.74, 6) is 0.722. The molecule has 102 valence electrons. The maximum atomic E-state index is 6.19. The zero-order valence-corrected chi connectivity index (χ0v) is 12.6. The van der Waals surface area contributed by atoms with Gasteiger partial charge in [0.25, 0.3) is 0 Å². The van der Waals surface area contributed by atoms with E-state index in [0.29, 0.717) is 5.41 Å². The van der Waals surface area contributed by atoms with Gasteiger partial charge in [-0.05, 0) is 43.7 Å². The van der Waals surface area contributed by atoms with Crippen LogP contribution in [0.3, 0.4) is 0 Å². The van der Waals surface area contributed by atoms with Crippen LogP contribution in [0.5, 0.6) is 0 Å². The minimum atomic E-state index is 0.257. The van der Waals surface area contributed by atoms with Crippen LogP contribution >= 0.6 is 0 Å². The van der Waals surface area contributed by atoms with E-state index in [2.05, 4.69) is 39.5 Å². The molecule has 0 radical (unpaired) electrons. The van der Waals surface area contributed by atoms with Gasteiger partial charge in [-0.2, -0.15) is 0 Å². The molecule has 0 aromatic carbocycles. The van der Waals surface area contributed by atoms with Crippen molar-refractivity contribution in [3.05, 3.63) is 0 Å². The molecule has 2 heteroatoms. The number of hydrogen-bond acceptors (Lipinski definition) is 2. The summed E-state index contributed by atoms with van der Waals surface area (Å²) < 4.78 is 0. The summed E-state index contributed by atoms with van der Waals surface area (Å²) in [6.07, 6.45) is 5.14. The summed E-state index contributed by atoms with van der Waals surface area (Å²) in [4.78, 5) is 2.66. The van der Waals surface area contributed by atoms with E-state index in [-0.39, 0.29) is 5.54 Å². The Labute approximate surface area is 108 Å². The fourth-order valence-electron chi connectivity index (χ4n) is 3.96. The Morgan fingerprint density at radius 1 is 1.29 bits per heavy atom. The highest BCUT2D eigenvalue weighted by atomic mass is 15.2.